The normalized spacial score (nSPS) is 12.0. The van der Waals surface area contributed by atoms with Crippen LogP contribution in [0, 0.1) is 20.8 Å². The topological polar surface area (TPSA) is 87.7 Å². The Morgan fingerprint density at radius 1 is 1.00 bits per heavy atom. The Morgan fingerprint density at radius 3 is 2.15 bits per heavy atom. The van der Waals surface area contributed by atoms with Crippen LogP contribution in [0.25, 0.3) is 0 Å². The van der Waals surface area contributed by atoms with Crippen molar-refractivity contribution in [3.63, 3.8) is 0 Å². The summed E-state index contributed by atoms with van der Waals surface area (Å²) in [5.74, 6) is -0.697. The van der Waals surface area contributed by atoms with Gasteiger partial charge in [0.05, 0.1) is 0 Å². The molecule has 2 rings (SSSR count). The second kappa shape index (κ2) is 11.0. The number of nitrogens with one attached hydrogen (secondary N) is 2. The monoisotopic (exact) mass is 453 g/mol. The lowest BCUT2D eigenvalue weighted by Crippen LogP contribution is -2.46. The molecule has 7 nitrogen and oxygen atoms in total. The summed E-state index contributed by atoms with van der Waals surface area (Å²) >= 11 is 0. The largest absolute Gasteiger partial charge is 0.444 e. The number of hydrogen-bond donors (Lipinski definition) is 2. The minimum atomic E-state index is -0.859. The number of carbonyl (C=O) groups is 3. The Labute approximate surface area is 196 Å². The summed E-state index contributed by atoms with van der Waals surface area (Å²) in [6.45, 7) is 12.9. The van der Waals surface area contributed by atoms with Crippen molar-refractivity contribution in [1.82, 2.24) is 10.2 Å². The fourth-order valence-electron chi connectivity index (χ4n) is 3.58. The molecule has 0 saturated heterocycles. The first-order valence-corrected chi connectivity index (χ1v) is 11.1. The number of ether oxygens (including phenoxy) is 1. The van der Waals surface area contributed by atoms with E-state index in [1.165, 1.54) is 4.90 Å². The van der Waals surface area contributed by atoms with Gasteiger partial charge in [-0.15, -0.1) is 0 Å². The quantitative estimate of drug-likeness (QED) is 0.638. The molecule has 0 aliphatic rings. The third-order valence-electron chi connectivity index (χ3n) is 5.09. The number of benzene rings is 2. The maximum Gasteiger partial charge on any atom is 0.408 e. The van der Waals surface area contributed by atoms with Gasteiger partial charge in [0.25, 0.3) is 5.91 Å². The number of carbonyl (C=O) groups excluding carboxylic acids is 3. The van der Waals surface area contributed by atoms with E-state index >= 15 is 0 Å². The summed E-state index contributed by atoms with van der Waals surface area (Å²) in [6.07, 6.45) is -0.681. The minimum Gasteiger partial charge on any atom is -0.444 e. The molecule has 1 unspecified atom stereocenters. The molecule has 0 fully saturated rings. The average Bonchev–Trinajstić information content (AvgIpc) is 2.71. The second-order valence-corrected chi connectivity index (χ2v) is 9.11. The molecule has 0 bridgehead atoms. The summed E-state index contributed by atoms with van der Waals surface area (Å²) in [4.78, 5) is 40.1. The molecule has 0 aliphatic heterocycles. The Bertz CT molecular complexity index is 991. The van der Waals surface area contributed by atoms with Gasteiger partial charge < -0.3 is 20.3 Å². The van der Waals surface area contributed by atoms with Gasteiger partial charge in [-0.3, -0.25) is 9.59 Å². The van der Waals surface area contributed by atoms with Crippen LogP contribution in [0.3, 0.4) is 0 Å². The van der Waals surface area contributed by atoms with Gasteiger partial charge in [0.2, 0.25) is 5.91 Å². The number of amides is 3. The van der Waals surface area contributed by atoms with E-state index in [2.05, 4.69) is 10.6 Å². The Morgan fingerprint density at radius 2 is 1.61 bits per heavy atom. The maximum absolute atomic E-state index is 13.5. The molecular weight excluding hydrogens is 418 g/mol. The van der Waals surface area contributed by atoms with Gasteiger partial charge in [0, 0.05) is 12.2 Å². The van der Waals surface area contributed by atoms with Crippen molar-refractivity contribution >= 4 is 23.6 Å². The number of alkyl carbamates (subject to hydrolysis) is 1. The average molecular weight is 454 g/mol. The first-order valence-electron chi connectivity index (χ1n) is 11.1. The summed E-state index contributed by atoms with van der Waals surface area (Å²) in [6, 6.07) is 12.5. The number of likely N-dealkylation sites (N-methyl/N-ethyl adjacent to an activating group) is 1. The van der Waals surface area contributed by atoms with Gasteiger partial charge in [-0.25, -0.2) is 4.79 Å². The van der Waals surface area contributed by atoms with E-state index in [4.69, 9.17) is 4.74 Å². The molecule has 0 heterocycles. The summed E-state index contributed by atoms with van der Waals surface area (Å²) in [7, 11) is 0. The van der Waals surface area contributed by atoms with Gasteiger partial charge in [-0.05, 0) is 65.2 Å². The first-order chi connectivity index (χ1) is 15.4. The van der Waals surface area contributed by atoms with Crippen LogP contribution in [0.5, 0.6) is 0 Å². The molecule has 0 radical (unpaired) electrons. The van der Waals surface area contributed by atoms with Crippen molar-refractivity contribution < 1.29 is 19.1 Å². The molecule has 178 valence electrons. The second-order valence-electron chi connectivity index (χ2n) is 9.11. The van der Waals surface area contributed by atoms with E-state index in [1.54, 1.807) is 27.7 Å². The number of rotatable bonds is 7. The van der Waals surface area contributed by atoms with E-state index in [0.29, 0.717) is 5.56 Å². The van der Waals surface area contributed by atoms with E-state index in [0.717, 1.165) is 22.4 Å². The molecule has 2 aromatic rings. The lowest BCUT2D eigenvalue weighted by Gasteiger charge is -2.31. The lowest BCUT2D eigenvalue weighted by molar-refractivity contribution is -0.138. The van der Waals surface area contributed by atoms with Crippen molar-refractivity contribution in [3.8, 4) is 0 Å². The molecule has 33 heavy (non-hydrogen) atoms. The minimum absolute atomic E-state index is 0.276. The Kier molecular flexibility index (Phi) is 8.63. The van der Waals surface area contributed by atoms with Crippen LogP contribution in [0.15, 0.2) is 42.5 Å². The highest BCUT2D eigenvalue weighted by molar-refractivity contribution is 5.99. The van der Waals surface area contributed by atoms with Gasteiger partial charge in [0.15, 0.2) is 0 Å². The molecule has 0 spiro atoms. The van der Waals surface area contributed by atoms with Crippen LogP contribution < -0.4 is 10.6 Å². The number of anilines is 1. The third kappa shape index (κ3) is 7.34. The molecule has 1 atom stereocenters. The summed E-state index contributed by atoms with van der Waals surface area (Å²) in [5.41, 5.74) is 3.61. The predicted octanol–water partition coefficient (Wildman–Crippen LogP) is 4.66. The molecule has 0 saturated carbocycles. The maximum atomic E-state index is 13.5. The van der Waals surface area contributed by atoms with Crippen LogP contribution in [-0.2, 0) is 14.3 Å². The fourth-order valence-corrected chi connectivity index (χ4v) is 3.58. The van der Waals surface area contributed by atoms with E-state index < -0.39 is 17.7 Å². The molecule has 0 aromatic heterocycles. The van der Waals surface area contributed by atoms with Crippen LogP contribution in [-0.4, -0.2) is 41.5 Å². The molecule has 7 heteroatoms. The highest BCUT2D eigenvalue weighted by Crippen LogP contribution is 2.26. The number of hydrogen-bond acceptors (Lipinski definition) is 4. The van der Waals surface area contributed by atoms with Gasteiger partial charge >= 0.3 is 6.09 Å². The highest BCUT2D eigenvalue weighted by Gasteiger charge is 2.31. The number of nitrogens with zero attached hydrogens (tertiary/aromatic N) is 1. The standard InChI is InChI=1S/C26H35N3O4/c1-8-29(21(30)16-27-25(32)33-26(5,6)7)23(20-14-9-11-17(2)15-20)24(31)28-22-18(3)12-10-13-19(22)4/h9-15,23H,8,16H2,1-7H3,(H,27,32)(H,28,31). The zero-order valence-corrected chi connectivity index (χ0v) is 20.6. The third-order valence-corrected chi connectivity index (χ3v) is 5.09. The van der Waals surface area contributed by atoms with Gasteiger partial charge in [0.1, 0.15) is 18.2 Å². The van der Waals surface area contributed by atoms with Crippen molar-refractivity contribution in [2.75, 3.05) is 18.4 Å². The zero-order valence-electron chi connectivity index (χ0n) is 20.6. The summed E-state index contributed by atoms with van der Waals surface area (Å²) < 4.78 is 5.22. The molecular formula is C26H35N3O4. The SMILES string of the molecule is CCN(C(=O)CNC(=O)OC(C)(C)C)C(C(=O)Nc1c(C)cccc1C)c1cccc(C)c1. The van der Waals surface area contributed by atoms with E-state index in [-0.39, 0.29) is 24.9 Å². The first kappa shape index (κ1) is 25.9. The smallest absolute Gasteiger partial charge is 0.408 e. The predicted molar refractivity (Wildman–Crippen MR) is 130 cm³/mol. The zero-order chi connectivity index (χ0) is 24.8. The van der Waals surface area contributed by atoms with Gasteiger partial charge in [-0.2, -0.15) is 0 Å². The summed E-state index contributed by atoms with van der Waals surface area (Å²) in [5, 5.41) is 5.51. The molecule has 3 amide bonds. The van der Waals surface area contributed by atoms with Crippen molar-refractivity contribution in [1.29, 1.82) is 0 Å². The van der Waals surface area contributed by atoms with E-state index in [9.17, 15) is 14.4 Å². The van der Waals surface area contributed by atoms with Gasteiger partial charge in [-0.1, -0.05) is 48.0 Å². The van der Waals surface area contributed by atoms with Crippen LogP contribution in [0.1, 0.15) is 56.0 Å². The van der Waals surface area contributed by atoms with Crippen molar-refractivity contribution in [3.05, 3.63) is 64.7 Å². The van der Waals surface area contributed by atoms with Crippen LogP contribution in [0.2, 0.25) is 0 Å². The molecule has 2 aromatic carbocycles. The number of para-hydroxylation sites is 1. The van der Waals surface area contributed by atoms with E-state index in [1.807, 2.05) is 63.2 Å². The van der Waals surface area contributed by atoms with Crippen molar-refractivity contribution in [2.24, 2.45) is 0 Å². The Balaban J connectivity index is 2.32. The van der Waals surface area contributed by atoms with Crippen molar-refractivity contribution in [2.45, 2.75) is 60.1 Å². The van der Waals surface area contributed by atoms with Crippen LogP contribution >= 0.6 is 0 Å². The fraction of sp³-hybridized carbons (Fsp3) is 0.423. The molecule has 2 N–H and O–H groups in total. The van der Waals surface area contributed by atoms with Crippen LogP contribution in [0.4, 0.5) is 10.5 Å². The number of aryl methyl sites for hydroxylation is 3. The Hall–Kier alpha value is -3.35. The highest BCUT2D eigenvalue weighted by atomic mass is 16.6. The lowest BCUT2D eigenvalue weighted by atomic mass is 10.0. The molecule has 0 aliphatic carbocycles.